The van der Waals surface area contributed by atoms with Gasteiger partial charge < -0.3 is 10.2 Å². The smallest absolute Gasteiger partial charge is 0.216 e. The van der Waals surface area contributed by atoms with Gasteiger partial charge in [0.1, 0.15) is 11.8 Å². The lowest BCUT2D eigenvalue weighted by molar-refractivity contribution is 0.452. The first-order valence-corrected chi connectivity index (χ1v) is 4.93. The lowest BCUT2D eigenvalue weighted by atomic mass is 10.1. The molecule has 15 heavy (non-hydrogen) atoms. The zero-order chi connectivity index (χ0) is 10.8. The van der Waals surface area contributed by atoms with Crippen molar-refractivity contribution < 1.29 is 4.42 Å². The van der Waals surface area contributed by atoms with Crippen molar-refractivity contribution in [3.8, 4) is 0 Å². The molecule has 0 aliphatic heterocycles. The molecule has 1 atom stereocenters. The molecule has 0 amide bonds. The van der Waals surface area contributed by atoms with E-state index in [1.54, 1.807) is 0 Å². The molecule has 1 aromatic carbocycles. The standard InChI is InChI=1S/C12H14N2O/c1-8-9(2)15-12(14-8)11(13)10-6-4-3-5-7-10/h3-7,11H,13H2,1-2H3. The fourth-order valence-corrected chi connectivity index (χ4v) is 1.43. The van der Waals surface area contributed by atoms with Gasteiger partial charge in [-0.15, -0.1) is 0 Å². The van der Waals surface area contributed by atoms with E-state index in [0.717, 1.165) is 17.0 Å². The van der Waals surface area contributed by atoms with E-state index < -0.39 is 0 Å². The summed E-state index contributed by atoms with van der Waals surface area (Å²) in [6.45, 7) is 3.81. The second-order valence-electron chi connectivity index (χ2n) is 3.58. The normalized spacial score (nSPS) is 12.7. The van der Waals surface area contributed by atoms with Gasteiger partial charge in [0, 0.05) is 0 Å². The Morgan fingerprint density at radius 1 is 1.20 bits per heavy atom. The third-order valence-electron chi connectivity index (χ3n) is 2.47. The summed E-state index contributed by atoms with van der Waals surface area (Å²) in [6, 6.07) is 9.54. The lowest BCUT2D eigenvalue weighted by Gasteiger charge is -2.06. The van der Waals surface area contributed by atoms with Crippen molar-refractivity contribution in [1.82, 2.24) is 4.98 Å². The number of hydrogen-bond donors (Lipinski definition) is 1. The fourth-order valence-electron chi connectivity index (χ4n) is 1.43. The summed E-state index contributed by atoms with van der Waals surface area (Å²) in [7, 11) is 0. The summed E-state index contributed by atoms with van der Waals surface area (Å²) in [6.07, 6.45) is 0. The average molecular weight is 202 g/mol. The van der Waals surface area contributed by atoms with Crippen LogP contribution < -0.4 is 5.73 Å². The molecule has 1 heterocycles. The highest BCUT2D eigenvalue weighted by Gasteiger charge is 2.15. The molecule has 1 unspecified atom stereocenters. The number of benzene rings is 1. The number of hydrogen-bond acceptors (Lipinski definition) is 3. The summed E-state index contributed by atoms with van der Waals surface area (Å²) in [4.78, 5) is 4.29. The van der Waals surface area contributed by atoms with E-state index in [9.17, 15) is 0 Å². The number of oxazole rings is 1. The fraction of sp³-hybridized carbons (Fsp3) is 0.250. The molecule has 0 bridgehead atoms. The number of nitrogens with zero attached hydrogens (tertiary/aromatic N) is 1. The zero-order valence-corrected chi connectivity index (χ0v) is 8.90. The first-order valence-electron chi connectivity index (χ1n) is 4.93. The van der Waals surface area contributed by atoms with Gasteiger partial charge in [-0.25, -0.2) is 4.98 Å². The topological polar surface area (TPSA) is 52.0 Å². The van der Waals surface area contributed by atoms with Gasteiger partial charge in [-0.3, -0.25) is 0 Å². The Bertz CT molecular complexity index is 428. The number of nitrogens with two attached hydrogens (primary N) is 1. The highest BCUT2D eigenvalue weighted by molar-refractivity contribution is 5.24. The molecule has 0 radical (unpaired) electrons. The Hall–Kier alpha value is -1.61. The van der Waals surface area contributed by atoms with Crippen LogP contribution in [-0.2, 0) is 0 Å². The summed E-state index contributed by atoms with van der Waals surface area (Å²) >= 11 is 0. The molecule has 2 rings (SSSR count). The SMILES string of the molecule is Cc1nc(C(N)c2ccccc2)oc1C. The Labute approximate surface area is 88.9 Å². The minimum Gasteiger partial charge on any atom is -0.444 e. The predicted molar refractivity (Wildman–Crippen MR) is 58.4 cm³/mol. The van der Waals surface area contributed by atoms with Crippen molar-refractivity contribution in [2.45, 2.75) is 19.9 Å². The van der Waals surface area contributed by atoms with Crippen LogP contribution in [0.3, 0.4) is 0 Å². The van der Waals surface area contributed by atoms with Gasteiger partial charge in [-0.05, 0) is 19.4 Å². The highest BCUT2D eigenvalue weighted by atomic mass is 16.4. The first kappa shape index (κ1) is 9.93. The Balaban J connectivity index is 2.32. The van der Waals surface area contributed by atoms with Crippen LogP contribution in [0.4, 0.5) is 0 Å². The maximum absolute atomic E-state index is 6.04. The molecule has 0 fully saturated rings. The van der Waals surface area contributed by atoms with E-state index >= 15 is 0 Å². The molecule has 1 aromatic heterocycles. The second kappa shape index (κ2) is 3.87. The van der Waals surface area contributed by atoms with Crippen LogP contribution in [0.1, 0.15) is 29.0 Å². The highest BCUT2D eigenvalue weighted by Crippen LogP contribution is 2.20. The monoisotopic (exact) mass is 202 g/mol. The van der Waals surface area contributed by atoms with Crippen LogP contribution in [0.15, 0.2) is 34.7 Å². The van der Waals surface area contributed by atoms with Crippen LogP contribution in [0.25, 0.3) is 0 Å². The van der Waals surface area contributed by atoms with Crippen molar-refractivity contribution in [1.29, 1.82) is 0 Å². The van der Waals surface area contributed by atoms with Crippen LogP contribution in [0.2, 0.25) is 0 Å². The molecule has 0 aliphatic carbocycles. The Morgan fingerprint density at radius 3 is 2.40 bits per heavy atom. The number of aryl methyl sites for hydroxylation is 2. The van der Waals surface area contributed by atoms with Gasteiger partial charge in [0.25, 0.3) is 0 Å². The van der Waals surface area contributed by atoms with Crippen molar-refractivity contribution in [2.75, 3.05) is 0 Å². The summed E-state index contributed by atoms with van der Waals surface area (Å²) in [5.74, 6) is 1.41. The van der Waals surface area contributed by atoms with Crippen molar-refractivity contribution >= 4 is 0 Å². The second-order valence-corrected chi connectivity index (χ2v) is 3.58. The van der Waals surface area contributed by atoms with Gasteiger partial charge >= 0.3 is 0 Å². The van der Waals surface area contributed by atoms with Gasteiger partial charge in [-0.1, -0.05) is 30.3 Å². The zero-order valence-electron chi connectivity index (χ0n) is 8.90. The van der Waals surface area contributed by atoms with E-state index in [0.29, 0.717) is 5.89 Å². The number of aromatic nitrogens is 1. The first-order chi connectivity index (χ1) is 7.18. The Kier molecular flexibility index (Phi) is 2.56. The molecule has 0 saturated carbocycles. The van der Waals surface area contributed by atoms with E-state index in [-0.39, 0.29) is 6.04 Å². The van der Waals surface area contributed by atoms with Crippen molar-refractivity contribution in [3.63, 3.8) is 0 Å². The third kappa shape index (κ3) is 1.92. The van der Waals surface area contributed by atoms with Crippen LogP contribution in [-0.4, -0.2) is 4.98 Å². The van der Waals surface area contributed by atoms with E-state index in [1.807, 2.05) is 44.2 Å². The molecule has 3 heteroatoms. The number of rotatable bonds is 2. The van der Waals surface area contributed by atoms with Gasteiger partial charge in [0.15, 0.2) is 0 Å². The van der Waals surface area contributed by atoms with E-state index in [4.69, 9.17) is 10.2 Å². The maximum atomic E-state index is 6.04. The molecule has 3 nitrogen and oxygen atoms in total. The van der Waals surface area contributed by atoms with Gasteiger partial charge in [0.05, 0.1) is 5.69 Å². The minimum absolute atomic E-state index is 0.279. The Morgan fingerprint density at radius 2 is 1.87 bits per heavy atom. The van der Waals surface area contributed by atoms with Crippen molar-refractivity contribution in [3.05, 3.63) is 53.2 Å². The van der Waals surface area contributed by atoms with Crippen LogP contribution >= 0.6 is 0 Å². The molecule has 2 N–H and O–H groups in total. The van der Waals surface area contributed by atoms with Gasteiger partial charge in [0.2, 0.25) is 5.89 Å². The molecule has 0 saturated heterocycles. The van der Waals surface area contributed by atoms with Gasteiger partial charge in [-0.2, -0.15) is 0 Å². The van der Waals surface area contributed by atoms with Crippen molar-refractivity contribution in [2.24, 2.45) is 5.73 Å². The third-order valence-corrected chi connectivity index (χ3v) is 2.47. The van der Waals surface area contributed by atoms with Crippen LogP contribution in [0, 0.1) is 13.8 Å². The molecular formula is C12H14N2O. The summed E-state index contributed by atoms with van der Waals surface area (Å²) < 4.78 is 5.49. The summed E-state index contributed by atoms with van der Waals surface area (Å²) in [5.41, 5.74) is 7.95. The quantitative estimate of drug-likeness (QED) is 0.813. The summed E-state index contributed by atoms with van der Waals surface area (Å²) in [5, 5.41) is 0. The van der Waals surface area contributed by atoms with Crippen LogP contribution in [0.5, 0.6) is 0 Å². The minimum atomic E-state index is -0.279. The predicted octanol–water partition coefficient (Wildman–Crippen LogP) is 2.34. The average Bonchev–Trinajstić information content (AvgIpc) is 2.59. The molecule has 0 spiro atoms. The maximum Gasteiger partial charge on any atom is 0.216 e. The molecule has 0 aliphatic rings. The van der Waals surface area contributed by atoms with E-state index in [1.165, 1.54) is 0 Å². The largest absolute Gasteiger partial charge is 0.444 e. The molecule has 2 aromatic rings. The lowest BCUT2D eigenvalue weighted by Crippen LogP contribution is -2.11. The van der Waals surface area contributed by atoms with E-state index in [2.05, 4.69) is 4.98 Å². The molecule has 78 valence electrons. The molecular weight excluding hydrogens is 188 g/mol.